The summed E-state index contributed by atoms with van der Waals surface area (Å²) in [6.07, 6.45) is 2.73. The summed E-state index contributed by atoms with van der Waals surface area (Å²) in [5.74, 6) is 1.17. The molecule has 0 aliphatic heterocycles. The van der Waals surface area contributed by atoms with Gasteiger partial charge in [0.2, 0.25) is 5.91 Å². The summed E-state index contributed by atoms with van der Waals surface area (Å²) >= 11 is 0. The minimum Gasteiger partial charge on any atom is -0.497 e. The molecule has 3 aromatic carbocycles. The Morgan fingerprint density at radius 3 is 2.11 bits per heavy atom. The van der Waals surface area contributed by atoms with E-state index in [0.29, 0.717) is 33.9 Å². The lowest BCUT2D eigenvalue weighted by Crippen LogP contribution is -2.28. The van der Waals surface area contributed by atoms with Crippen LogP contribution in [0.3, 0.4) is 0 Å². The van der Waals surface area contributed by atoms with Gasteiger partial charge in [-0.25, -0.2) is 18.4 Å². The van der Waals surface area contributed by atoms with E-state index in [4.69, 9.17) is 9.47 Å². The third-order valence-corrected chi connectivity index (χ3v) is 7.64. The van der Waals surface area contributed by atoms with Gasteiger partial charge in [-0.3, -0.25) is 9.52 Å². The second kappa shape index (κ2) is 10.5. The van der Waals surface area contributed by atoms with E-state index in [1.54, 1.807) is 48.5 Å². The number of carbonyl (C=O) groups excluding carboxylic acids is 1. The highest BCUT2D eigenvalue weighted by atomic mass is 32.2. The van der Waals surface area contributed by atoms with Crippen LogP contribution in [0.5, 0.6) is 11.5 Å². The number of sulfonamides is 1. The molecule has 1 saturated carbocycles. The van der Waals surface area contributed by atoms with Gasteiger partial charge in [0.15, 0.2) is 11.6 Å². The number of nitrogens with zero attached hydrogens (tertiary/aromatic N) is 2. The van der Waals surface area contributed by atoms with E-state index in [9.17, 15) is 13.2 Å². The van der Waals surface area contributed by atoms with Crippen molar-refractivity contribution in [2.75, 3.05) is 29.6 Å². The Morgan fingerprint density at radius 1 is 0.842 bits per heavy atom. The number of benzene rings is 3. The molecule has 0 spiro atoms. The molecule has 196 valence electrons. The largest absolute Gasteiger partial charge is 0.497 e. The lowest BCUT2D eigenvalue weighted by Gasteiger charge is -2.24. The van der Waals surface area contributed by atoms with E-state index in [0.717, 1.165) is 19.3 Å². The molecule has 1 fully saturated rings. The molecule has 3 N–H and O–H groups in total. The molecule has 0 bridgehead atoms. The van der Waals surface area contributed by atoms with Crippen molar-refractivity contribution in [2.45, 2.75) is 24.2 Å². The lowest BCUT2D eigenvalue weighted by molar-refractivity contribution is -0.122. The Balaban J connectivity index is 1.48. The summed E-state index contributed by atoms with van der Waals surface area (Å²) in [6.45, 7) is 0. The topological polar surface area (TPSA) is 132 Å². The molecule has 1 aliphatic rings. The zero-order valence-electron chi connectivity index (χ0n) is 20.9. The second-order valence-corrected chi connectivity index (χ2v) is 10.6. The van der Waals surface area contributed by atoms with Gasteiger partial charge in [-0.2, -0.15) is 0 Å². The first kappa shape index (κ1) is 25.3. The highest BCUT2D eigenvalue weighted by Gasteiger charge is 2.26. The standard InChI is InChI=1S/C27H27N5O5S/c1-36-20-13-19(14-21(16-20)37-2)28-25-26(31-24-12-4-3-11-23(24)30-25)32-38(34,35)22-10-6-9-18(15-22)29-27(33)17-7-5-8-17/h3-4,6,9-17H,5,7-8H2,1-2H3,(H,28,30)(H,29,33)(H,31,32). The number of aromatic nitrogens is 2. The molecule has 11 heteroatoms. The number of fused-ring (bicyclic) bond motifs is 1. The maximum Gasteiger partial charge on any atom is 0.263 e. The third-order valence-electron chi connectivity index (χ3n) is 6.30. The van der Waals surface area contributed by atoms with E-state index in [1.807, 2.05) is 6.07 Å². The SMILES string of the molecule is COc1cc(Nc2nc3ccccc3nc2NS(=O)(=O)c2cccc(NC(=O)C3CCC3)c2)cc(OC)c1. The van der Waals surface area contributed by atoms with Crippen molar-refractivity contribution in [3.63, 3.8) is 0 Å². The van der Waals surface area contributed by atoms with Crippen molar-refractivity contribution in [1.82, 2.24) is 9.97 Å². The fourth-order valence-corrected chi connectivity index (χ4v) is 5.07. The van der Waals surface area contributed by atoms with Gasteiger partial charge in [-0.1, -0.05) is 24.6 Å². The second-order valence-electron chi connectivity index (χ2n) is 8.89. The van der Waals surface area contributed by atoms with Gasteiger partial charge in [0.05, 0.1) is 30.1 Å². The minimum atomic E-state index is -4.09. The first-order valence-electron chi connectivity index (χ1n) is 12.1. The molecule has 0 atom stereocenters. The van der Waals surface area contributed by atoms with Crippen molar-refractivity contribution in [3.05, 3.63) is 66.7 Å². The summed E-state index contributed by atoms with van der Waals surface area (Å²) in [5.41, 5.74) is 2.07. The smallest absolute Gasteiger partial charge is 0.263 e. The van der Waals surface area contributed by atoms with Crippen LogP contribution in [0.15, 0.2) is 71.6 Å². The lowest BCUT2D eigenvalue weighted by atomic mass is 9.85. The number of hydrogen-bond acceptors (Lipinski definition) is 8. The molecule has 1 amide bonds. The number of nitrogens with one attached hydrogen (secondary N) is 3. The van der Waals surface area contributed by atoms with Crippen LogP contribution in [-0.4, -0.2) is 38.5 Å². The Labute approximate surface area is 220 Å². The van der Waals surface area contributed by atoms with Gasteiger partial charge in [0.1, 0.15) is 11.5 Å². The normalized spacial score (nSPS) is 13.4. The summed E-state index contributed by atoms with van der Waals surface area (Å²) in [7, 11) is -1.01. The van der Waals surface area contributed by atoms with Gasteiger partial charge in [0.25, 0.3) is 10.0 Å². The molecule has 0 radical (unpaired) electrons. The molecule has 0 saturated heterocycles. The molecule has 10 nitrogen and oxygen atoms in total. The molecule has 1 aromatic heterocycles. The molecule has 38 heavy (non-hydrogen) atoms. The van der Waals surface area contributed by atoms with Gasteiger partial charge in [-0.15, -0.1) is 0 Å². The Kier molecular flexibility index (Phi) is 7.01. The zero-order valence-corrected chi connectivity index (χ0v) is 21.7. The average Bonchev–Trinajstić information content (AvgIpc) is 2.87. The fraction of sp³-hybridized carbons (Fsp3) is 0.222. The molecule has 1 heterocycles. The van der Waals surface area contributed by atoms with Crippen LogP contribution in [0.25, 0.3) is 11.0 Å². The monoisotopic (exact) mass is 533 g/mol. The Morgan fingerprint density at radius 2 is 1.50 bits per heavy atom. The quantitative estimate of drug-likeness (QED) is 0.276. The molecule has 5 rings (SSSR count). The van der Waals surface area contributed by atoms with Crippen molar-refractivity contribution in [1.29, 1.82) is 0 Å². The van der Waals surface area contributed by atoms with Crippen molar-refractivity contribution >= 4 is 50.0 Å². The van der Waals surface area contributed by atoms with Crippen LogP contribution in [0.4, 0.5) is 23.0 Å². The number of anilines is 4. The number of para-hydroxylation sites is 2. The number of ether oxygens (including phenoxy) is 2. The number of amides is 1. The Bertz CT molecular complexity index is 1580. The van der Waals surface area contributed by atoms with E-state index >= 15 is 0 Å². The van der Waals surface area contributed by atoms with Crippen molar-refractivity contribution < 1.29 is 22.7 Å². The van der Waals surface area contributed by atoms with Crippen molar-refractivity contribution in [2.24, 2.45) is 5.92 Å². The molecule has 4 aromatic rings. The first-order chi connectivity index (χ1) is 18.3. The van der Waals surface area contributed by atoms with Crippen LogP contribution in [0.1, 0.15) is 19.3 Å². The van der Waals surface area contributed by atoms with Crippen LogP contribution < -0.4 is 24.8 Å². The van der Waals surface area contributed by atoms with Crippen LogP contribution in [0.2, 0.25) is 0 Å². The Hall–Kier alpha value is -4.38. The van der Waals surface area contributed by atoms with Crippen LogP contribution in [0, 0.1) is 5.92 Å². The number of carbonyl (C=O) groups is 1. The average molecular weight is 534 g/mol. The summed E-state index contributed by atoms with van der Waals surface area (Å²) in [5, 5.41) is 5.95. The number of hydrogen-bond donors (Lipinski definition) is 3. The summed E-state index contributed by atoms with van der Waals surface area (Å²) in [4.78, 5) is 21.5. The fourth-order valence-electron chi connectivity index (χ4n) is 4.02. The maximum atomic E-state index is 13.4. The molecular formula is C27H27N5O5S. The van der Waals surface area contributed by atoms with Crippen molar-refractivity contribution in [3.8, 4) is 11.5 Å². The predicted octanol–water partition coefficient (Wildman–Crippen LogP) is 4.93. The van der Waals surface area contributed by atoms with Gasteiger partial charge in [0, 0.05) is 35.5 Å². The van der Waals surface area contributed by atoms with E-state index in [2.05, 4.69) is 25.3 Å². The van der Waals surface area contributed by atoms with Gasteiger partial charge in [-0.05, 0) is 43.2 Å². The van der Waals surface area contributed by atoms with Crippen LogP contribution >= 0.6 is 0 Å². The molecule has 1 aliphatic carbocycles. The maximum absolute atomic E-state index is 13.4. The van der Waals surface area contributed by atoms with E-state index in [1.165, 1.54) is 26.4 Å². The highest BCUT2D eigenvalue weighted by Crippen LogP contribution is 2.32. The molecule has 0 unspecified atom stereocenters. The zero-order chi connectivity index (χ0) is 26.7. The summed E-state index contributed by atoms with van der Waals surface area (Å²) < 4.78 is 40.1. The minimum absolute atomic E-state index is 0.00870. The van der Waals surface area contributed by atoms with E-state index in [-0.39, 0.29) is 28.4 Å². The third kappa shape index (κ3) is 5.47. The first-order valence-corrected chi connectivity index (χ1v) is 13.5. The number of rotatable bonds is 9. The molecular weight excluding hydrogens is 506 g/mol. The predicted molar refractivity (Wildman–Crippen MR) is 146 cm³/mol. The number of methoxy groups -OCH3 is 2. The summed E-state index contributed by atoms with van der Waals surface area (Å²) in [6, 6.07) is 18.4. The van der Waals surface area contributed by atoms with Gasteiger partial charge >= 0.3 is 0 Å². The van der Waals surface area contributed by atoms with E-state index < -0.39 is 10.0 Å². The van der Waals surface area contributed by atoms with Gasteiger partial charge < -0.3 is 20.1 Å². The van der Waals surface area contributed by atoms with Crippen LogP contribution in [-0.2, 0) is 14.8 Å². The highest BCUT2D eigenvalue weighted by molar-refractivity contribution is 7.92.